The average molecular weight is 464 g/mol. The van der Waals surface area contributed by atoms with Crippen molar-refractivity contribution in [3.63, 3.8) is 0 Å². The zero-order valence-corrected chi connectivity index (χ0v) is 18.6. The van der Waals surface area contributed by atoms with Gasteiger partial charge in [-0.05, 0) is 49.2 Å². The molecule has 10 heteroatoms. The van der Waals surface area contributed by atoms with Crippen molar-refractivity contribution in [3.05, 3.63) is 47.8 Å². The maximum atomic E-state index is 13.4. The van der Waals surface area contributed by atoms with Crippen LogP contribution in [0, 0.1) is 5.82 Å². The number of sulfonamides is 1. The van der Waals surface area contributed by atoms with Crippen LogP contribution in [0.15, 0.2) is 41.3 Å². The summed E-state index contributed by atoms with van der Waals surface area (Å²) in [6.45, 7) is 0.897. The molecule has 0 unspecified atom stereocenters. The lowest BCUT2D eigenvalue weighted by Gasteiger charge is -2.21. The standard InChI is InChI=1S/C21H22FN3O4S2/c1-29-17-9-6-14(12-19(17)31(27,28)25-10-4-2-3-5-11-25)20(26)24-21-23-16-8-7-15(22)13-18(16)30-21/h6-9,12-13H,2-5,10-11H2,1H3,(H,23,24,26). The molecule has 0 saturated carbocycles. The number of fused-ring (bicyclic) bond motifs is 1. The largest absolute Gasteiger partial charge is 0.495 e. The Morgan fingerprint density at radius 2 is 1.87 bits per heavy atom. The first-order valence-electron chi connectivity index (χ1n) is 9.94. The maximum absolute atomic E-state index is 13.4. The first kappa shape index (κ1) is 21.7. The second kappa shape index (κ2) is 8.89. The summed E-state index contributed by atoms with van der Waals surface area (Å²) in [6.07, 6.45) is 3.61. The molecule has 2 aromatic carbocycles. The van der Waals surface area contributed by atoms with Gasteiger partial charge in [0.2, 0.25) is 10.0 Å². The maximum Gasteiger partial charge on any atom is 0.257 e. The summed E-state index contributed by atoms with van der Waals surface area (Å²) in [4.78, 5) is 17.0. The molecule has 1 amide bonds. The van der Waals surface area contributed by atoms with Gasteiger partial charge in [-0.3, -0.25) is 10.1 Å². The minimum absolute atomic E-state index is 0.0316. The van der Waals surface area contributed by atoms with Crippen molar-refractivity contribution in [2.75, 3.05) is 25.5 Å². The van der Waals surface area contributed by atoms with Crippen molar-refractivity contribution in [1.29, 1.82) is 0 Å². The molecule has 0 atom stereocenters. The number of carbonyl (C=O) groups is 1. The van der Waals surface area contributed by atoms with Gasteiger partial charge in [-0.25, -0.2) is 17.8 Å². The predicted molar refractivity (Wildman–Crippen MR) is 118 cm³/mol. The van der Waals surface area contributed by atoms with E-state index in [1.54, 1.807) is 0 Å². The number of hydrogen-bond acceptors (Lipinski definition) is 6. The molecular formula is C21H22FN3O4S2. The van der Waals surface area contributed by atoms with Gasteiger partial charge in [0, 0.05) is 18.7 Å². The van der Waals surface area contributed by atoms with Crippen LogP contribution in [0.1, 0.15) is 36.0 Å². The number of carbonyl (C=O) groups excluding carboxylic acids is 1. The highest BCUT2D eigenvalue weighted by Gasteiger charge is 2.29. The first-order valence-corrected chi connectivity index (χ1v) is 12.2. The van der Waals surface area contributed by atoms with Crippen LogP contribution in [-0.4, -0.2) is 43.8 Å². The Balaban J connectivity index is 1.63. The molecular weight excluding hydrogens is 441 g/mol. The number of rotatable bonds is 5. The number of hydrogen-bond donors (Lipinski definition) is 1. The highest BCUT2D eigenvalue weighted by atomic mass is 32.2. The summed E-state index contributed by atoms with van der Waals surface area (Å²) in [6, 6.07) is 8.51. The minimum atomic E-state index is -3.81. The Hall–Kier alpha value is -2.56. The number of halogens is 1. The van der Waals surface area contributed by atoms with Crippen molar-refractivity contribution in [2.45, 2.75) is 30.6 Å². The van der Waals surface area contributed by atoms with Crippen molar-refractivity contribution in [2.24, 2.45) is 0 Å². The van der Waals surface area contributed by atoms with E-state index in [1.165, 1.54) is 47.8 Å². The molecule has 1 N–H and O–H groups in total. The third-order valence-corrected chi connectivity index (χ3v) is 8.03. The molecule has 1 aliphatic heterocycles. The molecule has 3 aromatic rings. The third-order valence-electron chi connectivity index (χ3n) is 5.18. The zero-order chi connectivity index (χ0) is 22.0. The van der Waals surface area contributed by atoms with Gasteiger partial charge in [-0.2, -0.15) is 4.31 Å². The number of ether oxygens (including phenoxy) is 1. The van der Waals surface area contributed by atoms with Crippen LogP contribution < -0.4 is 10.1 Å². The van der Waals surface area contributed by atoms with Gasteiger partial charge in [-0.15, -0.1) is 0 Å². The van der Waals surface area contributed by atoms with E-state index in [4.69, 9.17) is 4.74 Å². The van der Waals surface area contributed by atoms with Crippen LogP contribution in [0.2, 0.25) is 0 Å². The fourth-order valence-corrected chi connectivity index (χ4v) is 6.15. The molecule has 4 rings (SSSR count). The van der Waals surface area contributed by atoms with E-state index < -0.39 is 15.9 Å². The van der Waals surface area contributed by atoms with Gasteiger partial charge in [0.15, 0.2) is 5.13 Å². The van der Waals surface area contributed by atoms with Crippen LogP contribution in [0.25, 0.3) is 10.2 Å². The van der Waals surface area contributed by atoms with Crippen LogP contribution >= 0.6 is 11.3 Å². The second-order valence-corrected chi connectivity index (χ2v) is 10.2. The highest BCUT2D eigenvalue weighted by molar-refractivity contribution is 7.89. The number of anilines is 1. The fraction of sp³-hybridized carbons (Fsp3) is 0.333. The molecule has 0 radical (unpaired) electrons. The smallest absolute Gasteiger partial charge is 0.257 e. The summed E-state index contributed by atoms with van der Waals surface area (Å²) >= 11 is 1.14. The molecule has 0 aliphatic carbocycles. The number of aromatic nitrogens is 1. The molecule has 164 valence electrons. The number of amides is 1. The van der Waals surface area contributed by atoms with Gasteiger partial charge < -0.3 is 4.74 Å². The lowest BCUT2D eigenvalue weighted by Crippen LogP contribution is -2.32. The quantitative estimate of drug-likeness (QED) is 0.611. The SMILES string of the molecule is COc1ccc(C(=O)Nc2nc3ccc(F)cc3s2)cc1S(=O)(=O)N1CCCCCC1. The van der Waals surface area contributed by atoms with Gasteiger partial charge in [-0.1, -0.05) is 24.2 Å². The van der Waals surface area contributed by atoms with Gasteiger partial charge >= 0.3 is 0 Å². The number of nitrogens with zero attached hydrogens (tertiary/aromatic N) is 2. The van der Waals surface area contributed by atoms with Crippen molar-refractivity contribution in [1.82, 2.24) is 9.29 Å². The topological polar surface area (TPSA) is 88.6 Å². The molecule has 1 aliphatic rings. The molecule has 7 nitrogen and oxygen atoms in total. The summed E-state index contributed by atoms with van der Waals surface area (Å²) in [5.41, 5.74) is 0.737. The Bertz CT molecular complexity index is 1220. The van der Waals surface area contributed by atoms with E-state index in [0.717, 1.165) is 37.0 Å². The zero-order valence-electron chi connectivity index (χ0n) is 16.9. The van der Waals surface area contributed by atoms with Crippen LogP contribution in [0.3, 0.4) is 0 Å². The second-order valence-electron chi connectivity index (χ2n) is 7.27. The van der Waals surface area contributed by atoms with Crippen LogP contribution in [0.4, 0.5) is 9.52 Å². The lowest BCUT2D eigenvalue weighted by atomic mass is 10.2. The summed E-state index contributed by atoms with van der Waals surface area (Å²) < 4.78 is 47.3. The van der Waals surface area contributed by atoms with Crippen molar-refractivity contribution < 1.29 is 22.3 Å². The molecule has 1 saturated heterocycles. The number of thiazole rings is 1. The Morgan fingerprint density at radius 3 is 2.58 bits per heavy atom. The van der Waals surface area contributed by atoms with Crippen molar-refractivity contribution in [3.8, 4) is 5.75 Å². The number of nitrogens with one attached hydrogen (secondary N) is 1. The molecule has 2 heterocycles. The molecule has 1 aromatic heterocycles. The van der Waals surface area contributed by atoms with Crippen LogP contribution in [0.5, 0.6) is 5.75 Å². The third kappa shape index (κ3) is 4.56. The number of benzene rings is 2. The minimum Gasteiger partial charge on any atom is -0.495 e. The first-order chi connectivity index (χ1) is 14.9. The van der Waals surface area contributed by atoms with E-state index in [1.807, 2.05) is 0 Å². The lowest BCUT2D eigenvalue weighted by molar-refractivity contribution is 0.102. The van der Waals surface area contributed by atoms with Crippen LogP contribution in [-0.2, 0) is 10.0 Å². The average Bonchev–Trinajstić information content (AvgIpc) is 2.95. The van der Waals surface area contributed by atoms with E-state index in [-0.39, 0.29) is 22.0 Å². The Labute approximate surface area is 183 Å². The van der Waals surface area contributed by atoms with Gasteiger partial charge in [0.05, 0.1) is 17.3 Å². The molecule has 31 heavy (non-hydrogen) atoms. The molecule has 0 spiro atoms. The Morgan fingerprint density at radius 1 is 1.13 bits per heavy atom. The normalized spacial score (nSPS) is 15.5. The van der Waals surface area contributed by atoms with Gasteiger partial charge in [0.1, 0.15) is 16.5 Å². The van der Waals surface area contributed by atoms with E-state index >= 15 is 0 Å². The summed E-state index contributed by atoms with van der Waals surface area (Å²) in [7, 11) is -2.41. The van der Waals surface area contributed by atoms with E-state index in [2.05, 4.69) is 10.3 Å². The van der Waals surface area contributed by atoms with E-state index in [9.17, 15) is 17.6 Å². The van der Waals surface area contributed by atoms with Gasteiger partial charge in [0.25, 0.3) is 5.91 Å². The predicted octanol–water partition coefficient (Wildman–Crippen LogP) is 4.26. The summed E-state index contributed by atoms with van der Waals surface area (Å²) in [5.74, 6) is -0.696. The summed E-state index contributed by atoms with van der Waals surface area (Å²) in [5, 5.41) is 2.97. The highest BCUT2D eigenvalue weighted by Crippen LogP contribution is 2.31. The molecule has 0 bridgehead atoms. The number of methoxy groups -OCH3 is 1. The fourth-order valence-electron chi connectivity index (χ4n) is 3.56. The van der Waals surface area contributed by atoms with Crippen molar-refractivity contribution >= 4 is 42.6 Å². The molecule has 1 fully saturated rings. The van der Waals surface area contributed by atoms with E-state index in [0.29, 0.717) is 28.4 Å². The monoisotopic (exact) mass is 463 g/mol. The Kier molecular flexibility index (Phi) is 6.22.